The van der Waals surface area contributed by atoms with Crippen molar-refractivity contribution in [3.05, 3.63) is 18.0 Å². The number of rotatable bonds is 5. The van der Waals surface area contributed by atoms with Crippen LogP contribution in [0.2, 0.25) is 0 Å². The molecule has 1 amide bonds. The molecule has 0 aliphatic carbocycles. The summed E-state index contributed by atoms with van der Waals surface area (Å²) in [5, 5.41) is 16.8. The Balaban J connectivity index is 2.55. The Hall–Kier alpha value is -1.36. The Morgan fingerprint density at radius 2 is 2.38 bits per heavy atom. The van der Waals surface area contributed by atoms with Gasteiger partial charge in [0.2, 0.25) is 5.91 Å². The fourth-order valence-corrected chi connectivity index (χ4v) is 1.39. The van der Waals surface area contributed by atoms with Crippen LogP contribution in [0.15, 0.2) is 12.4 Å². The van der Waals surface area contributed by atoms with Gasteiger partial charge in [-0.3, -0.25) is 9.48 Å². The van der Waals surface area contributed by atoms with Gasteiger partial charge in [-0.25, -0.2) is 0 Å². The summed E-state index contributed by atoms with van der Waals surface area (Å²) in [5.74, 6) is -0.0355. The molecule has 0 bridgehead atoms. The van der Waals surface area contributed by atoms with E-state index >= 15 is 0 Å². The summed E-state index contributed by atoms with van der Waals surface area (Å²) in [7, 11) is 1.79. The summed E-state index contributed by atoms with van der Waals surface area (Å²) in [6, 6.07) is 0. The average molecular weight is 225 g/mol. The molecule has 0 spiro atoms. The lowest BCUT2D eigenvalue weighted by Crippen LogP contribution is -2.38. The predicted octanol–water partition coefficient (Wildman–Crippen LogP) is 0.544. The Morgan fingerprint density at radius 3 is 2.88 bits per heavy atom. The minimum atomic E-state index is -1.07. The van der Waals surface area contributed by atoms with E-state index < -0.39 is 5.60 Å². The number of hydrogen-bond donors (Lipinski definition) is 2. The molecular weight excluding hydrogens is 206 g/mol. The third-order valence-corrected chi connectivity index (χ3v) is 2.43. The summed E-state index contributed by atoms with van der Waals surface area (Å²) >= 11 is 0. The molecule has 16 heavy (non-hydrogen) atoms. The van der Waals surface area contributed by atoms with Gasteiger partial charge in [-0.05, 0) is 13.3 Å². The second-order valence-electron chi connectivity index (χ2n) is 4.20. The number of aryl methyl sites for hydroxylation is 1. The molecule has 1 aromatic heterocycles. The molecule has 0 aliphatic rings. The maximum atomic E-state index is 11.3. The Bertz CT molecular complexity index is 358. The molecular formula is C11H19N3O2. The monoisotopic (exact) mass is 225 g/mol. The number of nitrogens with zero attached hydrogens (tertiary/aromatic N) is 2. The standard InChI is InChI=1S/C11H19N3O2/c1-4-5-10(15)12-8-11(2,16)9-6-13-14(3)7-9/h6-7,16H,4-5,8H2,1-3H3,(H,12,15). The second kappa shape index (κ2) is 5.12. The van der Waals surface area contributed by atoms with Crippen LogP contribution in [0.25, 0.3) is 0 Å². The van der Waals surface area contributed by atoms with E-state index in [1.807, 2.05) is 6.92 Å². The number of carbonyl (C=O) groups is 1. The van der Waals surface area contributed by atoms with E-state index in [-0.39, 0.29) is 12.5 Å². The third kappa shape index (κ3) is 3.34. The lowest BCUT2D eigenvalue weighted by Gasteiger charge is -2.22. The molecule has 0 aromatic carbocycles. The van der Waals surface area contributed by atoms with Crippen molar-refractivity contribution in [2.75, 3.05) is 6.54 Å². The van der Waals surface area contributed by atoms with Crippen LogP contribution in [-0.4, -0.2) is 27.3 Å². The van der Waals surface area contributed by atoms with E-state index in [4.69, 9.17) is 0 Å². The van der Waals surface area contributed by atoms with E-state index in [1.165, 1.54) is 0 Å². The van der Waals surface area contributed by atoms with Crippen LogP contribution in [0.5, 0.6) is 0 Å². The average Bonchev–Trinajstić information content (AvgIpc) is 2.63. The summed E-state index contributed by atoms with van der Waals surface area (Å²) in [4.78, 5) is 11.3. The molecule has 1 atom stereocenters. The van der Waals surface area contributed by atoms with Crippen LogP contribution in [0.3, 0.4) is 0 Å². The van der Waals surface area contributed by atoms with Crippen LogP contribution in [0, 0.1) is 0 Å². The molecule has 0 saturated carbocycles. The van der Waals surface area contributed by atoms with Crippen molar-refractivity contribution in [3.8, 4) is 0 Å². The molecule has 0 aliphatic heterocycles. The van der Waals surface area contributed by atoms with Crippen molar-refractivity contribution in [1.82, 2.24) is 15.1 Å². The van der Waals surface area contributed by atoms with Crippen molar-refractivity contribution in [2.45, 2.75) is 32.3 Å². The number of carbonyl (C=O) groups excluding carboxylic acids is 1. The van der Waals surface area contributed by atoms with Crippen LogP contribution in [0.1, 0.15) is 32.3 Å². The highest BCUT2D eigenvalue weighted by Gasteiger charge is 2.25. The molecule has 0 radical (unpaired) electrons. The highest BCUT2D eigenvalue weighted by Crippen LogP contribution is 2.18. The summed E-state index contributed by atoms with van der Waals surface area (Å²) in [6.07, 6.45) is 4.64. The molecule has 0 saturated heterocycles. The zero-order valence-corrected chi connectivity index (χ0v) is 10.0. The zero-order valence-electron chi connectivity index (χ0n) is 10.0. The van der Waals surface area contributed by atoms with E-state index in [0.29, 0.717) is 12.0 Å². The van der Waals surface area contributed by atoms with Gasteiger partial charge in [-0.2, -0.15) is 5.10 Å². The number of aliphatic hydroxyl groups is 1. The number of aromatic nitrogens is 2. The smallest absolute Gasteiger partial charge is 0.220 e. The molecule has 0 fully saturated rings. The Labute approximate surface area is 95.5 Å². The second-order valence-corrected chi connectivity index (χ2v) is 4.20. The van der Waals surface area contributed by atoms with Crippen molar-refractivity contribution >= 4 is 5.91 Å². The molecule has 1 rings (SSSR count). The van der Waals surface area contributed by atoms with Gasteiger partial charge in [0.15, 0.2) is 0 Å². The van der Waals surface area contributed by atoms with Gasteiger partial charge in [0, 0.05) is 25.2 Å². The first kappa shape index (κ1) is 12.7. The highest BCUT2D eigenvalue weighted by molar-refractivity contribution is 5.75. The van der Waals surface area contributed by atoms with Crippen LogP contribution in [-0.2, 0) is 17.4 Å². The maximum absolute atomic E-state index is 11.3. The predicted molar refractivity (Wildman–Crippen MR) is 60.7 cm³/mol. The molecule has 1 aromatic rings. The molecule has 1 unspecified atom stereocenters. The van der Waals surface area contributed by atoms with E-state index in [0.717, 1.165) is 6.42 Å². The number of hydrogen-bond acceptors (Lipinski definition) is 3. The topological polar surface area (TPSA) is 67.2 Å². The van der Waals surface area contributed by atoms with E-state index in [2.05, 4.69) is 10.4 Å². The van der Waals surface area contributed by atoms with Crippen molar-refractivity contribution in [2.24, 2.45) is 7.05 Å². The van der Waals surface area contributed by atoms with Crippen LogP contribution < -0.4 is 5.32 Å². The molecule has 90 valence electrons. The van der Waals surface area contributed by atoms with E-state index in [9.17, 15) is 9.90 Å². The molecule has 5 nitrogen and oxygen atoms in total. The van der Waals surface area contributed by atoms with Crippen molar-refractivity contribution < 1.29 is 9.90 Å². The minimum Gasteiger partial charge on any atom is -0.383 e. The van der Waals surface area contributed by atoms with Gasteiger partial charge in [-0.15, -0.1) is 0 Å². The summed E-state index contributed by atoms with van der Waals surface area (Å²) in [5.41, 5.74) is -0.371. The van der Waals surface area contributed by atoms with Crippen LogP contribution in [0.4, 0.5) is 0 Å². The highest BCUT2D eigenvalue weighted by atomic mass is 16.3. The SMILES string of the molecule is CCCC(=O)NCC(C)(O)c1cnn(C)c1. The summed E-state index contributed by atoms with van der Waals surface area (Å²) in [6.45, 7) is 3.81. The fourth-order valence-electron chi connectivity index (χ4n) is 1.39. The van der Waals surface area contributed by atoms with Gasteiger partial charge in [0.25, 0.3) is 0 Å². The Kier molecular flexibility index (Phi) is 4.06. The first-order valence-electron chi connectivity index (χ1n) is 5.44. The van der Waals surface area contributed by atoms with Crippen LogP contribution >= 0.6 is 0 Å². The third-order valence-electron chi connectivity index (χ3n) is 2.43. The fraction of sp³-hybridized carbons (Fsp3) is 0.636. The van der Waals surface area contributed by atoms with Gasteiger partial charge < -0.3 is 10.4 Å². The molecule has 1 heterocycles. The van der Waals surface area contributed by atoms with Gasteiger partial charge >= 0.3 is 0 Å². The maximum Gasteiger partial charge on any atom is 0.220 e. The number of amides is 1. The quantitative estimate of drug-likeness (QED) is 0.768. The van der Waals surface area contributed by atoms with Gasteiger partial charge in [0.1, 0.15) is 5.60 Å². The van der Waals surface area contributed by atoms with Gasteiger partial charge in [-0.1, -0.05) is 6.92 Å². The largest absolute Gasteiger partial charge is 0.383 e. The van der Waals surface area contributed by atoms with Crippen molar-refractivity contribution in [3.63, 3.8) is 0 Å². The first-order chi connectivity index (χ1) is 7.45. The lowest BCUT2D eigenvalue weighted by atomic mass is 10.00. The molecule has 5 heteroatoms. The van der Waals surface area contributed by atoms with E-state index in [1.54, 1.807) is 31.0 Å². The minimum absolute atomic E-state index is 0.0355. The van der Waals surface area contributed by atoms with Gasteiger partial charge in [0.05, 0.1) is 12.7 Å². The molecule has 2 N–H and O–H groups in total. The first-order valence-corrected chi connectivity index (χ1v) is 5.44. The Morgan fingerprint density at radius 1 is 1.69 bits per heavy atom. The lowest BCUT2D eigenvalue weighted by molar-refractivity contribution is -0.122. The number of nitrogens with one attached hydrogen (secondary N) is 1. The van der Waals surface area contributed by atoms with Crippen molar-refractivity contribution in [1.29, 1.82) is 0 Å². The summed E-state index contributed by atoms with van der Waals surface area (Å²) < 4.78 is 1.62. The zero-order chi connectivity index (χ0) is 12.2. The normalized spacial score (nSPS) is 14.5.